The monoisotopic (exact) mass is 335 g/mol. The number of hydrogen-bond donors (Lipinski definition) is 1. The number of para-hydroxylation sites is 1. The van der Waals surface area contributed by atoms with Gasteiger partial charge in [-0.1, -0.05) is 12.1 Å². The minimum atomic E-state index is -0.314. The molecule has 0 atom stereocenters. The Labute approximate surface area is 125 Å². The van der Waals surface area contributed by atoms with Crippen molar-refractivity contribution in [2.24, 2.45) is 12.1 Å². The van der Waals surface area contributed by atoms with Crippen molar-refractivity contribution in [2.75, 3.05) is 6.61 Å². The number of halogens is 1. The van der Waals surface area contributed by atoms with E-state index in [1.807, 2.05) is 48.1 Å². The van der Waals surface area contributed by atoms with Gasteiger partial charge in [0.25, 0.3) is 5.91 Å². The highest BCUT2D eigenvalue weighted by Crippen LogP contribution is 2.23. The van der Waals surface area contributed by atoms with Crippen LogP contribution in [0.25, 0.3) is 0 Å². The highest BCUT2D eigenvalue weighted by atomic mass is 79.9. The van der Waals surface area contributed by atoms with Crippen molar-refractivity contribution >= 4 is 28.1 Å². The number of aromatic nitrogens is 1. The number of carbonyl (C=O) groups is 1. The normalized spacial score (nSPS) is 10.7. The lowest BCUT2D eigenvalue weighted by Crippen LogP contribution is -2.24. The molecule has 1 heterocycles. The van der Waals surface area contributed by atoms with Gasteiger partial charge in [-0.15, -0.1) is 0 Å². The number of hydrogen-bond acceptors (Lipinski definition) is 3. The van der Waals surface area contributed by atoms with Gasteiger partial charge >= 0.3 is 0 Å². The Kier molecular flexibility index (Phi) is 4.95. The number of ether oxygens (including phenoxy) is 1. The second-order valence-electron chi connectivity index (χ2n) is 4.06. The first-order valence-electron chi connectivity index (χ1n) is 5.97. The largest absolute Gasteiger partial charge is 0.483 e. The number of rotatable bonds is 5. The van der Waals surface area contributed by atoms with Crippen LogP contribution in [-0.4, -0.2) is 23.3 Å². The molecule has 0 aliphatic carbocycles. The third kappa shape index (κ3) is 3.96. The molecule has 20 heavy (non-hydrogen) atoms. The standard InChI is InChI=1S/C14H14BrN3O2/c1-18-8-4-5-11(18)9-16-17-14(19)10-20-13-7-3-2-6-12(13)15/h2-9H,10H2,1H3,(H,17,19)/b16-9-. The van der Waals surface area contributed by atoms with Crippen LogP contribution < -0.4 is 10.2 Å². The molecule has 0 radical (unpaired) electrons. The third-order valence-electron chi connectivity index (χ3n) is 2.57. The minimum Gasteiger partial charge on any atom is -0.483 e. The molecule has 0 saturated carbocycles. The lowest BCUT2D eigenvalue weighted by Gasteiger charge is -2.06. The maximum Gasteiger partial charge on any atom is 0.277 e. The van der Waals surface area contributed by atoms with Gasteiger partial charge in [0, 0.05) is 13.2 Å². The summed E-state index contributed by atoms with van der Waals surface area (Å²) >= 11 is 3.34. The molecule has 5 nitrogen and oxygen atoms in total. The topological polar surface area (TPSA) is 55.6 Å². The molecular weight excluding hydrogens is 322 g/mol. The van der Waals surface area contributed by atoms with Crippen LogP contribution in [0.3, 0.4) is 0 Å². The van der Waals surface area contributed by atoms with E-state index in [4.69, 9.17) is 4.74 Å². The zero-order valence-electron chi connectivity index (χ0n) is 10.9. The number of carbonyl (C=O) groups excluding carboxylic acids is 1. The van der Waals surface area contributed by atoms with Crippen molar-refractivity contribution in [2.45, 2.75) is 0 Å². The molecule has 0 saturated heterocycles. The predicted octanol–water partition coefficient (Wildman–Crippen LogP) is 2.32. The number of nitrogens with zero attached hydrogens (tertiary/aromatic N) is 2. The van der Waals surface area contributed by atoms with Crippen molar-refractivity contribution in [3.05, 3.63) is 52.8 Å². The van der Waals surface area contributed by atoms with Crippen LogP contribution in [0, 0.1) is 0 Å². The summed E-state index contributed by atoms with van der Waals surface area (Å²) in [5, 5.41) is 3.87. The molecule has 0 unspecified atom stereocenters. The number of aryl methyl sites for hydroxylation is 1. The van der Waals surface area contributed by atoms with E-state index < -0.39 is 0 Å². The smallest absolute Gasteiger partial charge is 0.277 e. The minimum absolute atomic E-state index is 0.0902. The Bertz CT molecular complexity index is 622. The van der Waals surface area contributed by atoms with Crippen molar-refractivity contribution < 1.29 is 9.53 Å². The van der Waals surface area contributed by atoms with Gasteiger partial charge in [0.1, 0.15) is 5.75 Å². The third-order valence-corrected chi connectivity index (χ3v) is 3.22. The van der Waals surface area contributed by atoms with Crippen LogP contribution >= 0.6 is 15.9 Å². The van der Waals surface area contributed by atoms with E-state index in [0.29, 0.717) is 5.75 Å². The highest BCUT2D eigenvalue weighted by molar-refractivity contribution is 9.10. The van der Waals surface area contributed by atoms with Crippen LogP contribution in [0.2, 0.25) is 0 Å². The van der Waals surface area contributed by atoms with Crippen LogP contribution in [0.5, 0.6) is 5.75 Å². The predicted molar refractivity (Wildman–Crippen MR) is 80.8 cm³/mol. The molecule has 0 aliphatic heterocycles. The van der Waals surface area contributed by atoms with Gasteiger partial charge in [0.15, 0.2) is 6.61 Å². The fourth-order valence-electron chi connectivity index (χ4n) is 1.52. The molecular formula is C14H14BrN3O2. The van der Waals surface area contributed by atoms with Gasteiger partial charge in [-0.25, -0.2) is 5.43 Å². The fraction of sp³-hybridized carbons (Fsp3) is 0.143. The quantitative estimate of drug-likeness (QED) is 0.673. The summed E-state index contributed by atoms with van der Waals surface area (Å²) in [4.78, 5) is 11.6. The van der Waals surface area contributed by atoms with Gasteiger partial charge in [0.05, 0.1) is 16.4 Å². The van der Waals surface area contributed by atoms with Crippen molar-refractivity contribution in [3.8, 4) is 5.75 Å². The maximum atomic E-state index is 11.6. The first-order chi connectivity index (χ1) is 9.66. The number of amides is 1. The SMILES string of the molecule is Cn1cccc1/C=N\NC(=O)COc1ccccc1Br. The van der Waals surface area contributed by atoms with Crippen molar-refractivity contribution in [1.29, 1.82) is 0 Å². The first kappa shape index (κ1) is 14.3. The first-order valence-corrected chi connectivity index (χ1v) is 6.76. The van der Waals surface area contributed by atoms with E-state index in [0.717, 1.165) is 10.2 Å². The highest BCUT2D eigenvalue weighted by Gasteiger charge is 2.03. The summed E-state index contributed by atoms with van der Waals surface area (Å²) in [6.07, 6.45) is 3.48. The fourth-order valence-corrected chi connectivity index (χ4v) is 1.92. The Morgan fingerprint density at radius 1 is 1.40 bits per heavy atom. The van der Waals surface area contributed by atoms with E-state index in [2.05, 4.69) is 26.5 Å². The average molecular weight is 336 g/mol. The molecule has 104 valence electrons. The second kappa shape index (κ2) is 6.91. The number of nitrogens with one attached hydrogen (secondary N) is 1. The molecule has 1 aromatic carbocycles. The average Bonchev–Trinajstić information content (AvgIpc) is 2.84. The lowest BCUT2D eigenvalue weighted by molar-refractivity contribution is -0.123. The van der Waals surface area contributed by atoms with Crippen LogP contribution in [0.15, 0.2) is 52.2 Å². The van der Waals surface area contributed by atoms with E-state index in [9.17, 15) is 4.79 Å². The van der Waals surface area contributed by atoms with Crippen LogP contribution in [0.1, 0.15) is 5.69 Å². The van der Waals surface area contributed by atoms with Gasteiger partial charge in [-0.2, -0.15) is 5.10 Å². The molecule has 0 aliphatic rings. The Hall–Kier alpha value is -2.08. The van der Waals surface area contributed by atoms with Gasteiger partial charge in [-0.05, 0) is 40.2 Å². The molecule has 1 amide bonds. The Morgan fingerprint density at radius 3 is 2.90 bits per heavy atom. The van der Waals surface area contributed by atoms with Crippen molar-refractivity contribution in [3.63, 3.8) is 0 Å². The zero-order chi connectivity index (χ0) is 14.4. The molecule has 1 N–H and O–H groups in total. The van der Waals surface area contributed by atoms with Crippen molar-refractivity contribution in [1.82, 2.24) is 9.99 Å². The summed E-state index contributed by atoms with van der Waals surface area (Å²) in [5.41, 5.74) is 3.31. The van der Waals surface area contributed by atoms with Gasteiger partial charge < -0.3 is 9.30 Å². The van der Waals surface area contributed by atoms with E-state index in [1.54, 1.807) is 12.3 Å². The van der Waals surface area contributed by atoms with Crippen LogP contribution in [-0.2, 0) is 11.8 Å². The van der Waals surface area contributed by atoms with E-state index >= 15 is 0 Å². The lowest BCUT2D eigenvalue weighted by atomic mass is 10.3. The van der Waals surface area contributed by atoms with E-state index in [-0.39, 0.29) is 12.5 Å². The van der Waals surface area contributed by atoms with E-state index in [1.165, 1.54) is 0 Å². The number of hydrazone groups is 1. The molecule has 0 spiro atoms. The zero-order valence-corrected chi connectivity index (χ0v) is 12.5. The summed E-state index contributed by atoms with van der Waals surface area (Å²) < 4.78 is 8.07. The Morgan fingerprint density at radius 2 is 2.20 bits per heavy atom. The maximum absolute atomic E-state index is 11.6. The van der Waals surface area contributed by atoms with Gasteiger partial charge in [0.2, 0.25) is 0 Å². The van der Waals surface area contributed by atoms with Gasteiger partial charge in [-0.3, -0.25) is 4.79 Å². The molecule has 1 aromatic heterocycles. The summed E-state index contributed by atoms with van der Waals surface area (Å²) in [6.45, 7) is -0.0902. The summed E-state index contributed by atoms with van der Waals surface area (Å²) in [7, 11) is 1.90. The molecule has 0 bridgehead atoms. The molecule has 2 aromatic rings. The summed E-state index contributed by atoms with van der Waals surface area (Å²) in [6, 6.07) is 11.1. The molecule has 6 heteroatoms. The number of benzene rings is 1. The molecule has 2 rings (SSSR count). The Balaban J connectivity index is 1.80. The summed E-state index contributed by atoms with van der Waals surface area (Å²) in [5.74, 6) is 0.306. The molecule has 0 fully saturated rings. The van der Waals surface area contributed by atoms with Crippen LogP contribution in [0.4, 0.5) is 0 Å². The second-order valence-corrected chi connectivity index (χ2v) is 4.91.